The number of carbonyl (C=O) groups excluding carboxylic acids is 1. The van der Waals surface area contributed by atoms with Crippen molar-refractivity contribution in [2.24, 2.45) is 0 Å². The molecule has 0 radical (unpaired) electrons. The Morgan fingerprint density at radius 2 is 1.76 bits per heavy atom. The summed E-state index contributed by atoms with van der Waals surface area (Å²) in [6.07, 6.45) is 1.35. The van der Waals surface area contributed by atoms with Crippen molar-refractivity contribution in [2.45, 2.75) is 39.0 Å². The van der Waals surface area contributed by atoms with Gasteiger partial charge in [-0.2, -0.15) is 0 Å². The second-order valence-corrected chi connectivity index (χ2v) is 7.69. The number of hydrogen-bond donors (Lipinski definition) is 2. The summed E-state index contributed by atoms with van der Waals surface area (Å²) in [5, 5.41) is 6.99. The van der Waals surface area contributed by atoms with Crippen molar-refractivity contribution in [3.8, 4) is 0 Å². The molecule has 3 nitrogen and oxygen atoms in total. The SMILES string of the molecule is CC(C)(C)c1ccc(NC(=O)CCNCCc2cccc(Cl)c2)cc1. The van der Waals surface area contributed by atoms with Crippen LogP contribution in [0.4, 0.5) is 5.69 Å². The summed E-state index contributed by atoms with van der Waals surface area (Å²) in [5.41, 5.74) is 3.42. The number of benzene rings is 2. The van der Waals surface area contributed by atoms with Crippen molar-refractivity contribution >= 4 is 23.2 Å². The van der Waals surface area contributed by atoms with Crippen LogP contribution in [0.2, 0.25) is 5.02 Å². The van der Waals surface area contributed by atoms with Crippen LogP contribution in [0.1, 0.15) is 38.3 Å². The molecule has 0 saturated heterocycles. The predicted octanol–water partition coefficient (Wildman–Crippen LogP) is 4.80. The van der Waals surface area contributed by atoms with E-state index in [4.69, 9.17) is 11.6 Å². The van der Waals surface area contributed by atoms with Crippen molar-refractivity contribution < 1.29 is 4.79 Å². The van der Waals surface area contributed by atoms with Crippen LogP contribution >= 0.6 is 11.6 Å². The van der Waals surface area contributed by atoms with Gasteiger partial charge in [0.1, 0.15) is 0 Å². The van der Waals surface area contributed by atoms with E-state index in [0.29, 0.717) is 13.0 Å². The van der Waals surface area contributed by atoms with Crippen molar-refractivity contribution in [2.75, 3.05) is 18.4 Å². The molecule has 25 heavy (non-hydrogen) atoms. The summed E-state index contributed by atoms with van der Waals surface area (Å²) >= 11 is 5.96. The third kappa shape index (κ3) is 6.89. The summed E-state index contributed by atoms with van der Waals surface area (Å²) in [6.45, 7) is 8.02. The van der Waals surface area contributed by atoms with Gasteiger partial charge < -0.3 is 10.6 Å². The van der Waals surface area contributed by atoms with Gasteiger partial charge in [-0.1, -0.05) is 56.6 Å². The Bertz CT molecular complexity index is 690. The lowest BCUT2D eigenvalue weighted by Gasteiger charge is -2.19. The van der Waals surface area contributed by atoms with Gasteiger partial charge in [0.15, 0.2) is 0 Å². The lowest BCUT2D eigenvalue weighted by Crippen LogP contribution is -2.23. The molecule has 4 heteroatoms. The van der Waals surface area contributed by atoms with E-state index >= 15 is 0 Å². The third-order valence-electron chi connectivity index (χ3n) is 4.04. The number of amides is 1. The first kappa shape index (κ1) is 19.5. The number of hydrogen-bond acceptors (Lipinski definition) is 2. The fourth-order valence-electron chi connectivity index (χ4n) is 2.53. The third-order valence-corrected chi connectivity index (χ3v) is 4.28. The predicted molar refractivity (Wildman–Crippen MR) is 106 cm³/mol. The minimum absolute atomic E-state index is 0.0266. The van der Waals surface area contributed by atoms with Crippen molar-refractivity contribution in [1.29, 1.82) is 0 Å². The monoisotopic (exact) mass is 358 g/mol. The minimum Gasteiger partial charge on any atom is -0.326 e. The molecule has 0 aliphatic heterocycles. The molecule has 2 N–H and O–H groups in total. The molecule has 2 aromatic rings. The Balaban J connectivity index is 1.67. The van der Waals surface area contributed by atoms with Crippen molar-refractivity contribution in [3.05, 3.63) is 64.7 Å². The molecule has 0 aliphatic rings. The van der Waals surface area contributed by atoms with Crippen LogP contribution in [-0.2, 0) is 16.6 Å². The van der Waals surface area contributed by atoms with Gasteiger partial charge in [-0.15, -0.1) is 0 Å². The second kappa shape index (κ2) is 9.02. The second-order valence-electron chi connectivity index (χ2n) is 7.26. The Morgan fingerprint density at radius 1 is 1.04 bits per heavy atom. The zero-order valence-electron chi connectivity index (χ0n) is 15.2. The maximum atomic E-state index is 12.0. The van der Waals surface area contributed by atoms with Gasteiger partial charge in [-0.3, -0.25) is 4.79 Å². The van der Waals surface area contributed by atoms with Crippen LogP contribution in [0.15, 0.2) is 48.5 Å². The molecule has 0 bridgehead atoms. The number of anilines is 1. The highest BCUT2D eigenvalue weighted by Gasteiger charge is 2.13. The van der Waals surface area contributed by atoms with E-state index in [1.165, 1.54) is 11.1 Å². The molecule has 2 aromatic carbocycles. The zero-order valence-corrected chi connectivity index (χ0v) is 16.0. The summed E-state index contributed by atoms with van der Waals surface area (Å²) in [7, 11) is 0. The summed E-state index contributed by atoms with van der Waals surface area (Å²) in [4.78, 5) is 12.0. The van der Waals surface area contributed by atoms with E-state index in [1.54, 1.807) is 0 Å². The Kier molecular flexibility index (Phi) is 7.03. The highest BCUT2D eigenvalue weighted by molar-refractivity contribution is 6.30. The quantitative estimate of drug-likeness (QED) is 0.698. The van der Waals surface area contributed by atoms with Crippen LogP contribution in [0.5, 0.6) is 0 Å². The van der Waals surface area contributed by atoms with E-state index in [0.717, 1.165) is 23.7 Å². The van der Waals surface area contributed by atoms with E-state index < -0.39 is 0 Å². The fourth-order valence-corrected chi connectivity index (χ4v) is 2.74. The van der Waals surface area contributed by atoms with Gasteiger partial charge in [0, 0.05) is 23.7 Å². The first-order valence-corrected chi connectivity index (χ1v) is 9.08. The molecule has 2 rings (SSSR count). The largest absolute Gasteiger partial charge is 0.326 e. The average molecular weight is 359 g/mol. The lowest BCUT2D eigenvalue weighted by atomic mass is 9.87. The van der Waals surface area contributed by atoms with Crippen LogP contribution in [-0.4, -0.2) is 19.0 Å². The molecule has 0 aromatic heterocycles. The number of halogens is 1. The standard InChI is InChI=1S/C21H27ClN2O/c1-21(2,3)17-7-9-19(10-8-17)24-20(25)12-14-23-13-11-16-5-4-6-18(22)15-16/h4-10,15,23H,11-14H2,1-3H3,(H,24,25). The average Bonchev–Trinajstić information content (AvgIpc) is 2.54. The summed E-state index contributed by atoms with van der Waals surface area (Å²) in [5.74, 6) is 0.0266. The van der Waals surface area contributed by atoms with E-state index in [-0.39, 0.29) is 11.3 Å². The molecule has 0 spiro atoms. The topological polar surface area (TPSA) is 41.1 Å². The van der Waals surface area contributed by atoms with Gasteiger partial charge in [0.2, 0.25) is 5.91 Å². The van der Waals surface area contributed by atoms with Gasteiger partial charge in [0.25, 0.3) is 0 Å². The molecule has 0 fully saturated rings. The number of rotatable bonds is 7. The summed E-state index contributed by atoms with van der Waals surface area (Å²) in [6, 6.07) is 15.9. The van der Waals surface area contributed by atoms with Crippen LogP contribution in [0.3, 0.4) is 0 Å². The summed E-state index contributed by atoms with van der Waals surface area (Å²) < 4.78 is 0. The van der Waals surface area contributed by atoms with E-state index in [9.17, 15) is 4.79 Å². The van der Waals surface area contributed by atoms with Crippen LogP contribution in [0.25, 0.3) is 0 Å². The van der Waals surface area contributed by atoms with Crippen LogP contribution in [0, 0.1) is 0 Å². The van der Waals surface area contributed by atoms with Crippen LogP contribution < -0.4 is 10.6 Å². The molecule has 0 atom stereocenters. The Labute approximate surface area is 155 Å². The molecule has 0 unspecified atom stereocenters. The first-order valence-electron chi connectivity index (χ1n) is 8.70. The molecular weight excluding hydrogens is 332 g/mol. The number of carbonyl (C=O) groups is 1. The molecule has 0 heterocycles. The van der Waals surface area contributed by atoms with Gasteiger partial charge in [-0.25, -0.2) is 0 Å². The molecule has 134 valence electrons. The molecule has 0 aliphatic carbocycles. The smallest absolute Gasteiger partial charge is 0.225 e. The zero-order chi connectivity index (χ0) is 18.3. The highest BCUT2D eigenvalue weighted by Crippen LogP contribution is 2.23. The Hall–Kier alpha value is -1.84. The highest BCUT2D eigenvalue weighted by atomic mass is 35.5. The fraction of sp³-hybridized carbons (Fsp3) is 0.381. The molecule has 1 amide bonds. The molecular formula is C21H27ClN2O. The normalized spacial score (nSPS) is 11.4. The van der Waals surface area contributed by atoms with Gasteiger partial charge in [-0.05, 0) is 53.8 Å². The van der Waals surface area contributed by atoms with Gasteiger partial charge in [0.05, 0.1) is 0 Å². The molecule has 0 saturated carbocycles. The maximum absolute atomic E-state index is 12.0. The van der Waals surface area contributed by atoms with E-state index in [2.05, 4.69) is 49.6 Å². The van der Waals surface area contributed by atoms with Gasteiger partial charge >= 0.3 is 0 Å². The minimum atomic E-state index is 0.0266. The number of nitrogens with one attached hydrogen (secondary N) is 2. The first-order chi connectivity index (χ1) is 11.8. The van der Waals surface area contributed by atoms with Crippen molar-refractivity contribution in [3.63, 3.8) is 0 Å². The Morgan fingerprint density at radius 3 is 2.40 bits per heavy atom. The van der Waals surface area contributed by atoms with Crippen molar-refractivity contribution in [1.82, 2.24) is 5.32 Å². The lowest BCUT2D eigenvalue weighted by molar-refractivity contribution is -0.116. The maximum Gasteiger partial charge on any atom is 0.225 e. The van der Waals surface area contributed by atoms with E-state index in [1.807, 2.05) is 30.3 Å².